The molecule has 2 N–H and O–H groups in total. The summed E-state index contributed by atoms with van der Waals surface area (Å²) in [5.74, 6) is -3.48. The van der Waals surface area contributed by atoms with Crippen LogP contribution in [0.4, 0.5) is 0 Å². The van der Waals surface area contributed by atoms with Gasteiger partial charge < -0.3 is 14.9 Å². The highest BCUT2D eigenvalue weighted by Crippen LogP contribution is 2.14. The largest absolute Gasteiger partial charge is 0.481 e. The maximum Gasteiger partial charge on any atom is 0.333 e. The molecule has 0 aliphatic rings. The van der Waals surface area contributed by atoms with Crippen molar-refractivity contribution in [2.24, 2.45) is 5.92 Å². The third-order valence-corrected chi connectivity index (χ3v) is 2.55. The summed E-state index contributed by atoms with van der Waals surface area (Å²) in [4.78, 5) is 32.3. The lowest BCUT2D eigenvalue weighted by molar-refractivity contribution is -0.148. The van der Waals surface area contributed by atoms with E-state index in [0.717, 1.165) is 0 Å². The van der Waals surface area contributed by atoms with Gasteiger partial charge in [-0.25, -0.2) is 4.79 Å². The number of hydrogen-bond acceptors (Lipinski definition) is 4. The molecule has 0 aromatic rings. The van der Waals surface area contributed by atoms with Gasteiger partial charge in [0.25, 0.3) is 0 Å². The van der Waals surface area contributed by atoms with Gasteiger partial charge in [-0.1, -0.05) is 19.4 Å². The number of hydrogen-bond donors (Lipinski definition) is 2. The third kappa shape index (κ3) is 8.82. The zero-order valence-electron chi connectivity index (χ0n) is 11.1. The maximum absolute atomic E-state index is 11.0. The SMILES string of the molecule is C=C(C)C(=O)OCCCCCC(CC(=O)O)C(=O)O. The highest BCUT2D eigenvalue weighted by atomic mass is 16.5. The van der Waals surface area contributed by atoms with Crippen LogP contribution in [0.25, 0.3) is 0 Å². The van der Waals surface area contributed by atoms with E-state index in [4.69, 9.17) is 14.9 Å². The standard InChI is InChI=1S/C13H20O6/c1-9(2)13(18)19-7-5-3-4-6-10(12(16)17)8-11(14)15/h10H,1,3-8H2,2H3,(H,14,15)(H,16,17). The Kier molecular flexibility index (Phi) is 8.24. The Balaban J connectivity index is 3.72. The molecule has 19 heavy (non-hydrogen) atoms. The first kappa shape index (κ1) is 17.2. The average molecular weight is 272 g/mol. The smallest absolute Gasteiger partial charge is 0.333 e. The zero-order valence-corrected chi connectivity index (χ0v) is 11.1. The average Bonchev–Trinajstić information content (AvgIpc) is 2.30. The van der Waals surface area contributed by atoms with Crippen LogP contribution in [-0.4, -0.2) is 34.7 Å². The summed E-state index contributed by atoms with van der Waals surface area (Å²) in [6.07, 6.45) is 1.86. The van der Waals surface area contributed by atoms with Crippen LogP contribution in [0, 0.1) is 5.92 Å². The van der Waals surface area contributed by atoms with E-state index in [1.54, 1.807) is 6.92 Å². The molecule has 1 unspecified atom stereocenters. The maximum atomic E-state index is 11.0. The summed E-state index contributed by atoms with van der Waals surface area (Å²) in [6, 6.07) is 0. The number of ether oxygens (including phenoxy) is 1. The number of carboxylic acids is 2. The quantitative estimate of drug-likeness (QED) is 0.357. The fourth-order valence-electron chi connectivity index (χ4n) is 1.48. The van der Waals surface area contributed by atoms with Gasteiger partial charge in [0.05, 0.1) is 18.9 Å². The number of unbranched alkanes of at least 4 members (excludes halogenated alkanes) is 2. The van der Waals surface area contributed by atoms with Crippen molar-refractivity contribution in [1.29, 1.82) is 0 Å². The minimum atomic E-state index is -1.11. The molecule has 0 aliphatic carbocycles. The number of carbonyl (C=O) groups is 3. The van der Waals surface area contributed by atoms with Gasteiger partial charge in [-0.3, -0.25) is 9.59 Å². The van der Waals surface area contributed by atoms with Crippen molar-refractivity contribution >= 4 is 17.9 Å². The number of carbonyl (C=O) groups excluding carboxylic acids is 1. The van der Waals surface area contributed by atoms with Crippen LogP contribution in [0.1, 0.15) is 39.0 Å². The minimum Gasteiger partial charge on any atom is -0.481 e. The number of aliphatic carboxylic acids is 2. The molecule has 0 bridgehead atoms. The Morgan fingerprint density at radius 3 is 2.26 bits per heavy atom. The van der Waals surface area contributed by atoms with Crippen LogP contribution in [0.3, 0.4) is 0 Å². The summed E-state index contributed by atoms with van der Waals surface area (Å²) >= 11 is 0. The first-order chi connectivity index (χ1) is 8.84. The van der Waals surface area contributed by atoms with Crippen LogP contribution >= 0.6 is 0 Å². The van der Waals surface area contributed by atoms with Crippen molar-refractivity contribution in [2.75, 3.05) is 6.61 Å². The molecule has 1 atom stereocenters. The van der Waals surface area contributed by atoms with Crippen LogP contribution in [0.15, 0.2) is 12.2 Å². The molecule has 108 valence electrons. The molecule has 6 nitrogen and oxygen atoms in total. The summed E-state index contributed by atoms with van der Waals surface area (Å²) in [7, 11) is 0. The molecule has 0 heterocycles. The van der Waals surface area contributed by atoms with Crippen molar-refractivity contribution in [3.05, 3.63) is 12.2 Å². The summed E-state index contributed by atoms with van der Waals surface area (Å²) in [5, 5.41) is 17.4. The fourth-order valence-corrected chi connectivity index (χ4v) is 1.48. The van der Waals surface area contributed by atoms with E-state index in [0.29, 0.717) is 31.3 Å². The van der Waals surface area contributed by atoms with Gasteiger partial charge in [0.15, 0.2) is 0 Å². The van der Waals surface area contributed by atoms with E-state index in [2.05, 4.69) is 6.58 Å². The van der Waals surface area contributed by atoms with Crippen molar-refractivity contribution in [1.82, 2.24) is 0 Å². The topological polar surface area (TPSA) is 101 Å². The van der Waals surface area contributed by atoms with Crippen molar-refractivity contribution in [2.45, 2.75) is 39.0 Å². The molecule has 0 fully saturated rings. The molecule has 0 saturated carbocycles. The second-order valence-electron chi connectivity index (χ2n) is 4.40. The highest BCUT2D eigenvalue weighted by Gasteiger charge is 2.20. The second kappa shape index (κ2) is 9.13. The van der Waals surface area contributed by atoms with Crippen molar-refractivity contribution in [3.8, 4) is 0 Å². The molecule has 0 amide bonds. The van der Waals surface area contributed by atoms with Gasteiger partial charge >= 0.3 is 17.9 Å². The summed E-state index contributed by atoms with van der Waals surface area (Å²) in [6.45, 7) is 5.27. The fraction of sp³-hybridized carbons (Fsp3) is 0.615. The predicted molar refractivity (Wildman–Crippen MR) is 67.6 cm³/mol. The van der Waals surface area contributed by atoms with E-state index in [1.165, 1.54) is 0 Å². The Morgan fingerprint density at radius 2 is 1.79 bits per heavy atom. The van der Waals surface area contributed by atoms with Crippen molar-refractivity contribution < 1.29 is 29.3 Å². The molecular formula is C13H20O6. The van der Waals surface area contributed by atoms with Gasteiger partial charge in [0.2, 0.25) is 0 Å². The van der Waals surface area contributed by atoms with E-state index >= 15 is 0 Å². The molecule has 0 radical (unpaired) electrons. The normalized spacial score (nSPS) is 11.6. The minimum absolute atomic E-state index is 0.266. The second-order valence-corrected chi connectivity index (χ2v) is 4.40. The van der Waals surface area contributed by atoms with Gasteiger partial charge in [-0.15, -0.1) is 0 Å². The molecule has 0 saturated heterocycles. The van der Waals surface area contributed by atoms with E-state index in [1.807, 2.05) is 0 Å². The van der Waals surface area contributed by atoms with Gasteiger partial charge in [0.1, 0.15) is 0 Å². The lowest BCUT2D eigenvalue weighted by atomic mass is 9.98. The third-order valence-electron chi connectivity index (χ3n) is 2.55. The monoisotopic (exact) mass is 272 g/mol. The van der Waals surface area contributed by atoms with Gasteiger partial charge in [-0.2, -0.15) is 0 Å². The van der Waals surface area contributed by atoms with Crippen LogP contribution in [-0.2, 0) is 19.1 Å². The molecular weight excluding hydrogens is 252 g/mol. The Bertz CT molecular complexity index is 347. The lowest BCUT2D eigenvalue weighted by Gasteiger charge is -2.09. The molecule has 0 rings (SSSR count). The Labute approximate surface area is 112 Å². The van der Waals surface area contributed by atoms with Crippen LogP contribution in [0.5, 0.6) is 0 Å². The van der Waals surface area contributed by atoms with E-state index in [9.17, 15) is 14.4 Å². The van der Waals surface area contributed by atoms with Crippen LogP contribution < -0.4 is 0 Å². The van der Waals surface area contributed by atoms with E-state index in [-0.39, 0.29) is 13.0 Å². The number of rotatable bonds is 10. The summed E-state index contributed by atoms with van der Waals surface area (Å²) < 4.78 is 4.87. The first-order valence-corrected chi connectivity index (χ1v) is 6.11. The number of esters is 1. The molecule has 0 aromatic carbocycles. The van der Waals surface area contributed by atoms with Crippen LogP contribution in [0.2, 0.25) is 0 Å². The lowest BCUT2D eigenvalue weighted by Crippen LogP contribution is -2.17. The van der Waals surface area contributed by atoms with Gasteiger partial charge in [0, 0.05) is 5.57 Å². The summed E-state index contributed by atoms with van der Waals surface area (Å²) in [5.41, 5.74) is 0.340. The highest BCUT2D eigenvalue weighted by molar-refractivity contribution is 5.86. The molecule has 0 aliphatic heterocycles. The molecule has 0 spiro atoms. The van der Waals surface area contributed by atoms with Crippen molar-refractivity contribution in [3.63, 3.8) is 0 Å². The molecule has 0 aromatic heterocycles. The first-order valence-electron chi connectivity index (χ1n) is 6.11. The predicted octanol–water partition coefficient (Wildman–Crippen LogP) is 1.84. The Hall–Kier alpha value is -1.85. The van der Waals surface area contributed by atoms with E-state index < -0.39 is 23.8 Å². The Morgan fingerprint density at radius 1 is 1.16 bits per heavy atom. The zero-order chi connectivity index (χ0) is 14.8. The molecule has 6 heteroatoms. The van der Waals surface area contributed by atoms with Gasteiger partial charge in [-0.05, 0) is 19.8 Å². The number of carboxylic acid groups (broad SMARTS) is 2.